The van der Waals surface area contributed by atoms with Crippen LogP contribution in [-0.4, -0.2) is 42.9 Å². The van der Waals surface area contributed by atoms with Gasteiger partial charge in [-0.2, -0.15) is 0 Å². The average molecular weight is 362 g/mol. The lowest BCUT2D eigenvalue weighted by atomic mass is 9.89. The third-order valence-corrected chi connectivity index (χ3v) is 5.71. The summed E-state index contributed by atoms with van der Waals surface area (Å²) in [5, 5.41) is 1.26. The molecule has 27 heavy (non-hydrogen) atoms. The molecule has 2 heterocycles. The zero-order valence-electron chi connectivity index (χ0n) is 16.0. The van der Waals surface area contributed by atoms with Crippen LogP contribution in [0.25, 0.3) is 10.9 Å². The molecule has 4 rings (SSSR count). The first-order chi connectivity index (χ1) is 13.2. The summed E-state index contributed by atoms with van der Waals surface area (Å²) in [5.74, 6) is 1.32. The first kappa shape index (κ1) is 17.8. The molecule has 0 aliphatic carbocycles. The topological polar surface area (TPSA) is 45.3 Å². The number of likely N-dealkylation sites (tertiary alicyclic amines) is 1. The summed E-state index contributed by atoms with van der Waals surface area (Å²) in [7, 11) is 3.79. The number of nitrogens with one attached hydrogen (secondary N) is 1. The Bertz CT molecular complexity index is 952. The lowest BCUT2D eigenvalue weighted by Gasteiger charge is -2.28. The largest absolute Gasteiger partial charge is 0.496 e. The molecule has 4 nitrogen and oxygen atoms in total. The van der Waals surface area contributed by atoms with Crippen LogP contribution < -0.4 is 4.74 Å². The second-order valence-electron chi connectivity index (χ2n) is 7.50. The molecule has 1 N–H and O–H groups in total. The average Bonchev–Trinajstić information content (AvgIpc) is 3.11. The Morgan fingerprint density at radius 1 is 1.19 bits per heavy atom. The molecule has 1 saturated heterocycles. The molecule has 0 bridgehead atoms. The van der Waals surface area contributed by atoms with Crippen molar-refractivity contribution in [3.8, 4) is 5.75 Å². The molecular weight excluding hydrogens is 336 g/mol. The smallest absolute Gasteiger partial charge is 0.170 e. The van der Waals surface area contributed by atoms with E-state index >= 15 is 0 Å². The quantitative estimate of drug-likeness (QED) is 0.684. The minimum absolute atomic E-state index is 0.0863. The Morgan fingerprint density at radius 3 is 2.74 bits per heavy atom. The minimum atomic E-state index is 0.0863. The summed E-state index contributed by atoms with van der Waals surface area (Å²) in [4.78, 5) is 18.6. The zero-order valence-corrected chi connectivity index (χ0v) is 16.0. The van der Waals surface area contributed by atoms with E-state index in [0.717, 1.165) is 24.2 Å². The van der Waals surface area contributed by atoms with Crippen molar-refractivity contribution in [1.82, 2.24) is 9.88 Å². The van der Waals surface area contributed by atoms with Crippen LogP contribution >= 0.6 is 0 Å². The van der Waals surface area contributed by atoms with E-state index in [9.17, 15) is 4.79 Å². The summed E-state index contributed by atoms with van der Waals surface area (Å²) in [6, 6.07) is 13.8. The Hall–Kier alpha value is -2.59. The first-order valence-corrected chi connectivity index (χ1v) is 9.60. The highest BCUT2D eigenvalue weighted by atomic mass is 16.5. The van der Waals surface area contributed by atoms with Crippen LogP contribution in [0.1, 0.15) is 40.2 Å². The molecule has 0 amide bonds. The zero-order chi connectivity index (χ0) is 18.8. The SMILES string of the molecule is COc1ccccc1C(=O)Cc1ccc2[nH]cc(C3CCN(C)CC3)c2c1. The maximum atomic E-state index is 12.8. The van der Waals surface area contributed by atoms with Crippen molar-refractivity contribution in [3.05, 3.63) is 65.4 Å². The van der Waals surface area contributed by atoms with Gasteiger partial charge in [0.2, 0.25) is 0 Å². The molecule has 0 radical (unpaired) electrons. The lowest BCUT2D eigenvalue weighted by Crippen LogP contribution is -2.29. The van der Waals surface area contributed by atoms with E-state index in [0.29, 0.717) is 23.7 Å². The number of aromatic nitrogens is 1. The number of benzene rings is 2. The number of piperidine rings is 1. The number of H-pyrrole nitrogens is 1. The summed E-state index contributed by atoms with van der Waals surface area (Å²) in [6.45, 7) is 2.28. The van der Waals surface area contributed by atoms with Crippen molar-refractivity contribution in [2.75, 3.05) is 27.2 Å². The van der Waals surface area contributed by atoms with Crippen LogP contribution in [-0.2, 0) is 6.42 Å². The molecule has 1 aliphatic heterocycles. The van der Waals surface area contributed by atoms with Crippen LogP contribution in [0.3, 0.4) is 0 Å². The molecule has 3 aromatic rings. The Balaban J connectivity index is 1.59. The molecule has 0 atom stereocenters. The van der Waals surface area contributed by atoms with Crippen LogP contribution in [0.5, 0.6) is 5.75 Å². The highest BCUT2D eigenvalue weighted by Crippen LogP contribution is 2.33. The number of nitrogens with zero attached hydrogens (tertiary/aromatic N) is 1. The number of para-hydroxylation sites is 1. The van der Waals surface area contributed by atoms with E-state index in [1.807, 2.05) is 30.3 Å². The third-order valence-electron chi connectivity index (χ3n) is 5.71. The van der Waals surface area contributed by atoms with E-state index in [-0.39, 0.29) is 5.78 Å². The molecule has 4 heteroatoms. The van der Waals surface area contributed by atoms with Crippen LogP contribution in [0, 0.1) is 0 Å². The predicted octanol–water partition coefficient (Wildman–Crippen LogP) is 4.41. The van der Waals surface area contributed by atoms with E-state index in [1.54, 1.807) is 7.11 Å². The van der Waals surface area contributed by atoms with Gasteiger partial charge >= 0.3 is 0 Å². The highest BCUT2D eigenvalue weighted by Gasteiger charge is 2.21. The maximum Gasteiger partial charge on any atom is 0.170 e. The molecule has 1 aromatic heterocycles. The number of carbonyl (C=O) groups excluding carboxylic acids is 1. The molecule has 1 fully saturated rings. The number of ketones is 1. The standard InChI is InChI=1S/C23H26N2O2/c1-25-11-9-17(10-12-25)20-15-24-21-8-7-16(13-19(20)21)14-22(26)18-5-3-4-6-23(18)27-2/h3-8,13,15,17,24H,9-12,14H2,1-2H3. The molecule has 2 aromatic carbocycles. The van der Waals surface area contributed by atoms with Gasteiger partial charge in [-0.15, -0.1) is 0 Å². The number of aromatic amines is 1. The summed E-state index contributed by atoms with van der Waals surface area (Å²) >= 11 is 0. The predicted molar refractivity (Wildman–Crippen MR) is 109 cm³/mol. The van der Waals surface area contributed by atoms with Crippen molar-refractivity contribution in [3.63, 3.8) is 0 Å². The Kier molecular flexibility index (Phi) is 4.99. The lowest BCUT2D eigenvalue weighted by molar-refractivity contribution is 0.0990. The molecule has 0 unspecified atom stereocenters. The second-order valence-corrected chi connectivity index (χ2v) is 7.50. The fraction of sp³-hybridized carbons (Fsp3) is 0.348. The molecule has 1 aliphatic rings. The Labute approximate surface area is 160 Å². The van der Waals surface area contributed by atoms with Gasteiger partial charge in [-0.3, -0.25) is 4.79 Å². The van der Waals surface area contributed by atoms with Crippen molar-refractivity contribution in [2.45, 2.75) is 25.2 Å². The third kappa shape index (κ3) is 3.62. The molecule has 0 spiro atoms. The van der Waals surface area contributed by atoms with Crippen molar-refractivity contribution < 1.29 is 9.53 Å². The van der Waals surface area contributed by atoms with E-state index in [1.165, 1.54) is 23.8 Å². The molecule has 140 valence electrons. The summed E-state index contributed by atoms with van der Waals surface area (Å²) < 4.78 is 5.34. The van der Waals surface area contributed by atoms with Crippen molar-refractivity contribution in [2.24, 2.45) is 0 Å². The van der Waals surface area contributed by atoms with E-state index < -0.39 is 0 Å². The number of methoxy groups -OCH3 is 1. The normalized spacial score (nSPS) is 15.9. The first-order valence-electron chi connectivity index (χ1n) is 9.60. The van der Waals surface area contributed by atoms with Crippen molar-refractivity contribution >= 4 is 16.7 Å². The number of hydrogen-bond donors (Lipinski definition) is 1. The second kappa shape index (κ2) is 7.57. The number of ether oxygens (including phenoxy) is 1. The van der Waals surface area contributed by atoms with Gasteiger partial charge in [-0.1, -0.05) is 18.2 Å². The van der Waals surface area contributed by atoms with Crippen LogP contribution in [0.15, 0.2) is 48.7 Å². The van der Waals surface area contributed by atoms with Gasteiger partial charge in [0.1, 0.15) is 5.75 Å². The van der Waals surface area contributed by atoms with Gasteiger partial charge in [0, 0.05) is 23.5 Å². The van der Waals surface area contributed by atoms with E-state index in [4.69, 9.17) is 4.74 Å². The molecular formula is C23H26N2O2. The number of hydrogen-bond acceptors (Lipinski definition) is 3. The number of Topliss-reactive ketones (excluding diaryl/α,β-unsaturated/α-hetero) is 1. The van der Waals surface area contributed by atoms with E-state index in [2.05, 4.69) is 35.3 Å². The fourth-order valence-corrected chi connectivity index (χ4v) is 4.11. The number of carbonyl (C=O) groups is 1. The van der Waals surface area contributed by atoms with Gasteiger partial charge in [0.15, 0.2) is 5.78 Å². The maximum absolute atomic E-state index is 12.8. The van der Waals surface area contributed by atoms with Gasteiger partial charge in [0.25, 0.3) is 0 Å². The number of rotatable bonds is 5. The molecule has 0 saturated carbocycles. The number of fused-ring (bicyclic) bond motifs is 1. The monoisotopic (exact) mass is 362 g/mol. The fourth-order valence-electron chi connectivity index (χ4n) is 4.11. The summed E-state index contributed by atoms with van der Waals surface area (Å²) in [6.07, 6.45) is 4.92. The minimum Gasteiger partial charge on any atom is -0.496 e. The van der Waals surface area contributed by atoms with Gasteiger partial charge < -0.3 is 14.6 Å². The Morgan fingerprint density at radius 2 is 1.96 bits per heavy atom. The van der Waals surface area contributed by atoms with Gasteiger partial charge in [0.05, 0.1) is 12.7 Å². The summed E-state index contributed by atoms with van der Waals surface area (Å²) in [5.41, 5.74) is 4.24. The van der Waals surface area contributed by atoms with Gasteiger partial charge in [-0.25, -0.2) is 0 Å². The van der Waals surface area contributed by atoms with Crippen LogP contribution in [0.2, 0.25) is 0 Å². The van der Waals surface area contributed by atoms with Crippen molar-refractivity contribution in [1.29, 1.82) is 0 Å². The van der Waals surface area contributed by atoms with Gasteiger partial charge in [-0.05, 0) is 74.3 Å². The van der Waals surface area contributed by atoms with Crippen LogP contribution in [0.4, 0.5) is 0 Å². The highest BCUT2D eigenvalue weighted by molar-refractivity contribution is 6.00.